The number of benzene rings is 1. The third-order valence-corrected chi connectivity index (χ3v) is 4.12. The van der Waals surface area contributed by atoms with E-state index in [4.69, 9.17) is 0 Å². The van der Waals surface area contributed by atoms with Crippen LogP contribution >= 0.6 is 0 Å². The third-order valence-electron chi connectivity index (χ3n) is 4.12. The summed E-state index contributed by atoms with van der Waals surface area (Å²) in [5.74, 6) is 1.21. The van der Waals surface area contributed by atoms with E-state index in [-0.39, 0.29) is 11.9 Å². The van der Waals surface area contributed by atoms with E-state index in [1.165, 1.54) is 18.5 Å². The van der Waals surface area contributed by atoms with Crippen molar-refractivity contribution in [3.05, 3.63) is 79.0 Å². The van der Waals surface area contributed by atoms with Gasteiger partial charge in [0, 0.05) is 36.4 Å². The monoisotopic (exact) mass is 388 g/mol. The molecule has 144 valence electrons. The minimum absolute atomic E-state index is 0.137. The average molecular weight is 388 g/mol. The van der Waals surface area contributed by atoms with Crippen LogP contribution in [0.5, 0.6) is 0 Å². The highest BCUT2D eigenvalue weighted by Gasteiger charge is 2.12. The van der Waals surface area contributed by atoms with Crippen molar-refractivity contribution in [3.8, 4) is 11.3 Å². The van der Waals surface area contributed by atoms with Gasteiger partial charge < -0.3 is 10.6 Å². The Labute approximate surface area is 166 Å². The number of anilines is 3. The van der Waals surface area contributed by atoms with E-state index in [1.54, 1.807) is 49.2 Å². The quantitative estimate of drug-likeness (QED) is 0.515. The third kappa shape index (κ3) is 4.64. The van der Waals surface area contributed by atoms with E-state index in [0.29, 0.717) is 23.3 Å². The molecule has 4 rings (SSSR count). The van der Waals surface area contributed by atoms with E-state index in [0.717, 1.165) is 11.1 Å². The van der Waals surface area contributed by atoms with Crippen molar-refractivity contribution >= 4 is 17.6 Å². The van der Waals surface area contributed by atoms with Gasteiger partial charge in [-0.15, -0.1) is 0 Å². The molecule has 0 saturated heterocycles. The fraction of sp³-hybridized carbons (Fsp3) is 0.100. The number of rotatable bonds is 6. The van der Waals surface area contributed by atoms with Crippen LogP contribution in [0.4, 0.5) is 22.0 Å². The molecule has 29 heavy (non-hydrogen) atoms. The average Bonchev–Trinajstić information content (AvgIpc) is 2.75. The molecule has 0 aliphatic heterocycles. The fourth-order valence-corrected chi connectivity index (χ4v) is 2.68. The van der Waals surface area contributed by atoms with Crippen molar-refractivity contribution < 1.29 is 4.39 Å². The maximum atomic E-state index is 13.2. The Morgan fingerprint density at radius 1 is 0.897 bits per heavy atom. The Morgan fingerprint density at radius 2 is 1.69 bits per heavy atom. The first-order valence-corrected chi connectivity index (χ1v) is 8.87. The largest absolute Gasteiger partial charge is 0.348 e. The van der Waals surface area contributed by atoms with Crippen LogP contribution < -0.4 is 10.6 Å². The smallest absolute Gasteiger partial charge is 0.225 e. The summed E-state index contributed by atoms with van der Waals surface area (Å²) in [6.45, 7) is 1.95. The molecule has 3 aromatic heterocycles. The van der Waals surface area contributed by atoms with Crippen molar-refractivity contribution in [1.29, 1.82) is 0 Å². The molecule has 2 N–H and O–H groups in total. The molecule has 8 nitrogen and oxygen atoms in total. The van der Waals surface area contributed by atoms with Gasteiger partial charge in [0.25, 0.3) is 0 Å². The van der Waals surface area contributed by atoms with Crippen LogP contribution in [0.15, 0.2) is 67.6 Å². The molecular weight excluding hydrogens is 371 g/mol. The van der Waals surface area contributed by atoms with Gasteiger partial charge in [0.1, 0.15) is 23.8 Å². The zero-order chi connectivity index (χ0) is 20.1. The van der Waals surface area contributed by atoms with Crippen molar-refractivity contribution in [3.63, 3.8) is 0 Å². The topological polar surface area (TPSA) is 101 Å². The predicted octanol–water partition coefficient (Wildman–Crippen LogP) is 3.78. The van der Waals surface area contributed by atoms with Crippen LogP contribution in [-0.4, -0.2) is 29.9 Å². The van der Waals surface area contributed by atoms with Crippen LogP contribution in [-0.2, 0) is 0 Å². The van der Waals surface area contributed by atoms with E-state index in [2.05, 4.69) is 40.5 Å². The minimum Gasteiger partial charge on any atom is -0.348 e. The molecule has 0 saturated carbocycles. The SMILES string of the molecule is CC(Nc1nc(Nc2cnccn2)cc(-c2cncnc2)n1)c1ccc(F)cc1. The molecule has 0 radical (unpaired) electrons. The summed E-state index contributed by atoms with van der Waals surface area (Å²) in [6.07, 6.45) is 9.59. The van der Waals surface area contributed by atoms with Gasteiger partial charge >= 0.3 is 0 Å². The first kappa shape index (κ1) is 18.4. The molecule has 3 heterocycles. The summed E-state index contributed by atoms with van der Waals surface area (Å²) in [5, 5.41) is 6.37. The number of nitrogens with zero attached hydrogens (tertiary/aromatic N) is 6. The summed E-state index contributed by atoms with van der Waals surface area (Å²) in [4.78, 5) is 25.5. The van der Waals surface area contributed by atoms with Crippen molar-refractivity contribution in [2.24, 2.45) is 0 Å². The van der Waals surface area contributed by atoms with Gasteiger partial charge in [-0.25, -0.2) is 24.3 Å². The first-order valence-electron chi connectivity index (χ1n) is 8.87. The van der Waals surface area contributed by atoms with E-state index >= 15 is 0 Å². The molecule has 0 spiro atoms. The maximum Gasteiger partial charge on any atom is 0.225 e. The van der Waals surface area contributed by atoms with Crippen molar-refractivity contribution in [2.45, 2.75) is 13.0 Å². The predicted molar refractivity (Wildman–Crippen MR) is 107 cm³/mol. The molecule has 0 aliphatic carbocycles. The minimum atomic E-state index is -0.279. The van der Waals surface area contributed by atoms with Gasteiger partial charge in [-0.1, -0.05) is 12.1 Å². The van der Waals surface area contributed by atoms with Gasteiger partial charge in [0.15, 0.2) is 0 Å². The molecular formula is C20H17FN8. The summed E-state index contributed by atoms with van der Waals surface area (Å²) >= 11 is 0. The van der Waals surface area contributed by atoms with Crippen LogP contribution in [0.3, 0.4) is 0 Å². The Kier molecular flexibility index (Phi) is 5.28. The normalized spacial score (nSPS) is 11.7. The second-order valence-electron chi connectivity index (χ2n) is 6.22. The number of hydrogen-bond donors (Lipinski definition) is 2. The van der Waals surface area contributed by atoms with Crippen molar-refractivity contribution in [2.75, 3.05) is 10.6 Å². The number of hydrogen-bond acceptors (Lipinski definition) is 8. The zero-order valence-electron chi connectivity index (χ0n) is 15.5. The molecule has 4 aromatic rings. The van der Waals surface area contributed by atoms with Gasteiger partial charge in [-0.3, -0.25) is 4.98 Å². The Hall–Kier alpha value is -4.01. The highest BCUT2D eigenvalue weighted by Crippen LogP contribution is 2.24. The summed E-state index contributed by atoms with van der Waals surface area (Å²) in [5.41, 5.74) is 2.29. The second-order valence-corrected chi connectivity index (χ2v) is 6.22. The van der Waals surface area contributed by atoms with Gasteiger partial charge in [0.05, 0.1) is 17.9 Å². The summed E-state index contributed by atoms with van der Waals surface area (Å²) < 4.78 is 13.2. The Morgan fingerprint density at radius 3 is 2.41 bits per heavy atom. The maximum absolute atomic E-state index is 13.2. The second kappa shape index (κ2) is 8.34. The van der Waals surface area contributed by atoms with E-state index in [9.17, 15) is 4.39 Å². The molecule has 1 unspecified atom stereocenters. The number of aromatic nitrogens is 6. The molecule has 0 bridgehead atoms. The molecule has 0 amide bonds. The zero-order valence-corrected chi connectivity index (χ0v) is 15.5. The summed E-state index contributed by atoms with van der Waals surface area (Å²) in [7, 11) is 0. The van der Waals surface area contributed by atoms with Crippen LogP contribution in [0.2, 0.25) is 0 Å². The molecule has 0 fully saturated rings. The summed E-state index contributed by atoms with van der Waals surface area (Å²) in [6, 6.07) is 7.94. The lowest BCUT2D eigenvalue weighted by Gasteiger charge is -2.16. The fourth-order valence-electron chi connectivity index (χ4n) is 2.68. The molecule has 9 heteroatoms. The lowest BCUT2D eigenvalue weighted by atomic mass is 10.1. The first-order chi connectivity index (χ1) is 14.2. The van der Waals surface area contributed by atoms with Crippen LogP contribution in [0, 0.1) is 5.82 Å². The van der Waals surface area contributed by atoms with E-state index < -0.39 is 0 Å². The number of nitrogens with one attached hydrogen (secondary N) is 2. The molecule has 0 aliphatic rings. The molecule has 1 atom stereocenters. The lowest BCUT2D eigenvalue weighted by Crippen LogP contribution is -2.11. The van der Waals surface area contributed by atoms with Crippen LogP contribution in [0.1, 0.15) is 18.5 Å². The van der Waals surface area contributed by atoms with Gasteiger partial charge in [-0.05, 0) is 24.6 Å². The highest BCUT2D eigenvalue weighted by molar-refractivity contribution is 5.65. The van der Waals surface area contributed by atoms with Gasteiger partial charge in [-0.2, -0.15) is 4.98 Å². The lowest BCUT2D eigenvalue weighted by molar-refractivity contribution is 0.626. The highest BCUT2D eigenvalue weighted by atomic mass is 19.1. The number of halogens is 1. The van der Waals surface area contributed by atoms with Crippen molar-refractivity contribution in [1.82, 2.24) is 29.9 Å². The Bertz CT molecular complexity index is 1070. The standard InChI is InChI=1S/C20H17FN8/c1-13(14-2-4-16(21)5-3-14)26-20-27-17(15-9-23-12-24-10-15)8-18(29-20)28-19-11-22-6-7-25-19/h2-13H,1H3,(H2,25,26,27,28,29). The Balaban J connectivity index is 1.66. The van der Waals surface area contributed by atoms with Gasteiger partial charge in [0.2, 0.25) is 5.95 Å². The van der Waals surface area contributed by atoms with E-state index in [1.807, 2.05) is 6.92 Å². The van der Waals surface area contributed by atoms with Crippen LogP contribution in [0.25, 0.3) is 11.3 Å². The molecule has 1 aromatic carbocycles.